The van der Waals surface area contributed by atoms with Crippen LogP contribution in [0.2, 0.25) is 0 Å². The average molecular weight is 330 g/mol. The highest BCUT2D eigenvalue weighted by molar-refractivity contribution is 5.88. The first-order valence-electron chi connectivity index (χ1n) is 8.22. The molecule has 24 heavy (non-hydrogen) atoms. The maximum Gasteiger partial charge on any atom is 0.246 e. The standard InChI is InChI=1S/C17H22N4O3/c1-11-5-6-12-14(8-11)20-15(19-12)9-24-10-16(22)21-13-4-2-3-7-18-17(13)23/h5-6,8,13H,2-4,7,9-10H2,1H3,(H,18,23)(H,19,20)(H,21,22)/t13-/m1/s1. The van der Waals surface area contributed by atoms with Crippen LogP contribution in [0.15, 0.2) is 18.2 Å². The zero-order valence-electron chi connectivity index (χ0n) is 13.7. The van der Waals surface area contributed by atoms with E-state index in [9.17, 15) is 9.59 Å². The molecule has 0 bridgehead atoms. The van der Waals surface area contributed by atoms with Crippen molar-refractivity contribution in [3.8, 4) is 0 Å². The second kappa shape index (κ2) is 7.44. The first kappa shape index (κ1) is 16.4. The molecule has 1 aliphatic heterocycles. The van der Waals surface area contributed by atoms with Crippen molar-refractivity contribution in [2.75, 3.05) is 13.2 Å². The van der Waals surface area contributed by atoms with Gasteiger partial charge in [-0.25, -0.2) is 4.98 Å². The van der Waals surface area contributed by atoms with Gasteiger partial charge >= 0.3 is 0 Å². The molecule has 2 aromatic rings. The van der Waals surface area contributed by atoms with Gasteiger partial charge in [0, 0.05) is 6.54 Å². The van der Waals surface area contributed by atoms with Gasteiger partial charge in [0.2, 0.25) is 11.8 Å². The van der Waals surface area contributed by atoms with E-state index in [1.807, 2.05) is 25.1 Å². The molecule has 0 aliphatic carbocycles. The zero-order chi connectivity index (χ0) is 16.9. The molecule has 7 nitrogen and oxygen atoms in total. The number of rotatable bonds is 5. The van der Waals surface area contributed by atoms with Crippen molar-refractivity contribution in [3.05, 3.63) is 29.6 Å². The zero-order valence-corrected chi connectivity index (χ0v) is 13.7. The van der Waals surface area contributed by atoms with E-state index in [0.717, 1.165) is 29.4 Å². The number of carbonyl (C=O) groups excluding carboxylic acids is 2. The molecule has 3 N–H and O–H groups in total. The number of aryl methyl sites for hydroxylation is 1. The first-order valence-corrected chi connectivity index (χ1v) is 8.22. The first-order chi connectivity index (χ1) is 11.6. The summed E-state index contributed by atoms with van der Waals surface area (Å²) < 4.78 is 5.41. The van der Waals surface area contributed by atoms with Gasteiger partial charge in [0.25, 0.3) is 0 Å². The summed E-state index contributed by atoms with van der Waals surface area (Å²) >= 11 is 0. The molecular weight excluding hydrogens is 308 g/mol. The largest absolute Gasteiger partial charge is 0.364 e. The fourth-order valence-electron chi connectivity index (χ4n) is 2.80. The molecule has 1 fully saturated rings. The number of carbonyl (C=O) groups is 2. The van der Waals surface area contributed by atoms with Crippen LogP contribution >= 0.6 is 0 Å². The van der Waals surface area contributed by atoms with Crippen molar-refractivity contribution >= 4 is 22.8 Å². The highest BCUT2D eigenvalue weighted by Gasteiger charge is 2.22. The molecule has 0 unspecified atom stereocenters. The SMILES string of the molecule is Cc1ccc2nc(COCC(=O)N[C@@H]3CCCCNC3=O)[nH]c2c1. The minimum absolute atomic E-state index is 0.0974. The van der Waals surface area contributed by atoms with E-state index in [2.05, 4.69) is 20.6 Å². The van der Waals surface area contributed by atoms with Crippen LogP contribution in [-0.4, -0.2) is 41.0 Å². The van der Waals surface area contributed by atoms with Crippen molar-refractivity contribution in [1.82, 2.24) is 20.6 Å². The summed E-state index contributed by atoms with van der Waals surface area (Å²) in [5.74, 6) is 0.271. The number of amides is 2. The van der Waals surface area contributed by atoms with E-state index in [1.165, 1.54) is 0 Å². The van der Waals surface area contributed by atoms with Gasteiger partial charge in [0.05, 0.1) is 11.0 Å². The highest BCUT2D eigenvalue weighted by Crippen LogP contribution is 2.13. The molecule has 0 radical (unpaired) electrons. The number of H-pyrrole nitrogens is 1. The molecular formula is C17H22N4O3. The number of ether oxygens (including phenoxy) is 1. The molecule has 2 heterocycles. The van der Waals surface area contributed by atoms with Gasteiger partial charge in [-0.15, -0.1) is 0 Å². The Morgan fingerprint density at radius 2 is 2.29 bits per heavy atom. The van der Waals surface area contributed by atoms with Crippen molar-refractivity contribution in [2.24, 2.45) is 0 Å². The van der Waals surface area contributed by atoms with Crippen LogP contribution in [0.4, 0.5) is 0 Å². The maximum atomic E-state index is 11.9. The van der Waals surface area contributed by atoms with Crippen LogP contribution in [0, 0.1) is 6.92 Å². The lowest BCUT2D eigenvalue weighted by atomic mass is 10.1. The Morgan fingerprint density at radius 3 is 3.17 bits per heavy atom. The average Bonchev–Trinajstić information content (AvgIpc) is 2.83. The molecule has 1 aromatic heterocycles. The summed E-state index contributed by atoms with van der Waals surface area (Å²) in [6.45, 7) is 2.82. The summed E-state index contributed by atoms with van der Waals surface area (Å²) in [5.41, 5.74) is 2.98. The number of imidazole rings is 1. The number of nitrogens with zero attached hydrogens (tertiary/aromatic N) is 1. The van der Waals surface area contributed by atoms with E-state index in [4.69, 9.17) is 4.74 Å². The van der Waals surface area contributed by atoms with E-state index in [1.54, 1.807) is 0 Å². The Bertz CT molecular complexity index is 741. The summed E-state index contributed by atoms with van der Waals surface area (Å²) in [4.78, 5) is 31.3. The van der Waals surface area contributed by atoms with Crippen LogP contribution in [0.3, 0.4) is 0 Å². The van der Waals surface area contributed by atoms with Crippen molar-refractivity contribution in [2.45, 2.75) is 38.8 Å². The Balaban J connectivity index is 1.48. The van der Waals surface area contributed by atoms with E-state index in [-0.39, 0.29) is 25.0 Å². The number of hydrogen-bond acceptors (Lipinski definition) is 4. The lowest BCUT2D eigenvalue weighted by molar-refractivity contribution is -0.131. The Hall–Kier alpha value is -2.41. The van der Waals surface area contributed by atoms with Crippen molar-refractivity contribution in [3.63, 3.8) is 0 Å². The van der Waals surface area contributed by atoms with E-state index in [0.29, 0.717) is 18.8 Å². The predicted molar refractivity (Wildman–Crippen MR) is 89.3 cm³/mol. The number of fused-ring (bicyclic) bond motifs is 1. The highest BCUT2D eigenvalue weighted by atomic mass is 16.5. The molecule has 1 aromatic carbocycles. The maximum absolute atomic E-state index is 11.9. The van der Waals surface area contributed by atoms with Crippen LogP contribution in [-0.2, 0) is 20.9 Å². The molecule has 1 saturated heterocycles. The second-order valence-electron chi connectivity index (χ2n) is 6.10. The molecule has 1 atom stereocenters. The Morgan fingerprint density at radius 1 is 1.42 bits per heavy atom. The van der Waals surface area contributed by atoms with Crippen LogP contribution in [0.25, 0.3) is 11.0 Å². The Labute approximate surface area is 140 Å². The van der Waals surface area contributed by atoms with Gasteiger partial charge in [-0.3, -0.25) is 9.59 Å². The summed E-state index contributed by atoms with van der Waals surface area (Å²) in [7, 11) is 0. The number of nitrogens with one attached hydrogen (secondary N) is 3. The molecule has 128 valence electrons. The van der Waals surface area contributed by atoms with E-state index >= 15 is 0 Å². The van der Waals surface area contributed by atoms with Gasteiger partial charge in [-0.1, -0.05) is 6.07 Å². The van der Waals surface area contributed by atoms with Crippen LogP contribution in [0.1, 0.15) is 30.7 Å². The fraction of sp³-hybridized carbons (Fsp3) is 0.471. The number of benzene rings is 1. The lowest BCUT2D eigenvalue weighted by Gasteiger charge is -2.14. The topological polar surface area (TPSA) is 96.1 Å². The minimum atomic E-state index is -0.460. The lowest BCUT2D eigenvalue weighted by Crippen LogP contribution is -2.46. The van der Waals surface area contributed by atoms with Gasteiger partial charge in [-0.2, -0.15) is 0 Å². The van der Waals surface area contributed by atoms with Crippen LogP contribution < -0.4 is 10.6 Å². The van der Waals surface area contributed by atoms with Crippen LogP contribution in [0.5, 0.6) is 0 Å². The predicted octanol–water partition coefficient (Wildman–Crippen LogP) is 1.17. The van der Waals surface area contributed by atoms with Crippen molar-refractivity contribution < 1.29 is 14.3 Å². The molecule has 0 saturated carbocycles. The van der Waals surface area contributed by atoms with Gasteiger partial charge < -0.3 is 20.4 Å². The van der Waals surface area contributed by atoms with E-state index < -0.39 is 6.04 Å². The van der Waals surface area contributed by atoms with Gasteiger partial charge in [0.15, 0.2) is 0 Å². The second-order valence-corrected chi connectivity index (χ2v) is 6.10. The van der Waals surface area contributed by atoms with Gasteiger partial charge in [-0.05, 0) is 43.9 Å². The smallest absolute Gasteiger partial charge is 0.246 e. The quantitative estimate of drug-likeness (QED) is 0.767. The van der Waals surface area contributed by atoms with Crippen molar-refractivity contribution in [1.29, 1.82) is 0 Å². The third-order valence-electron chi connectivity index (χ3n) is 4.03. The number of aromatic amines is 1. The summed E-state index contributed by atoms with van der Waals surface area (Å²) in [5, 5.41) is 5.51. The third kappa shape index (κ3) is 4.11. The molecule has 7 heteroatoms. The summed E-state index contributed by atoms with van der Waals surface area (Å²) in [6.07, 6.45) is 2.53. The summed E-state index contributed by atoms with van der Waals surface area (Å²) in [6, 6.07) is 5.50. The third-order valence-corrected chi connectivity index (χ3v) is 4.03. The normalized spacial score (nSPS) is 18.2. The number of hydrogen-bond donors (Lipinski definition) is 3. The molecule has 1 aliphatic rings. The molecule has 2 amide bonds. The molecule has 0 spiro atoms. The minimum Gasteiger partial charge on any atom is -0.364 e. The fourth-order valence-corrected chi connectivity index (χ4v) is 2.80. The van der Waals surface area contributed by atoms with Gasteiger partial charge in [0.1, 0.15) is 25.1 Å². The Kier molecular flexibility index (Phi) is 5.10. The monoisotopic (exact) mass is 330 g/mol. The number of aromatic nitrogens is 2. The molecule has 3 rings (SSSR count).